The molecule has 0 spiro atoms. The van der Waals surface area contributed by atoms with Crippen LogP contribution in [0, 0.1) is 5.92 Å². The lowest BCUT2D eigenvalue weighted by Crippen LogP contribution is -2.47. The first-order valence-electron chi connectivity index (χ1n) is 14.9. The van der Waals surface area contributed by atoms with Crippen molar-refractivity contribution in [2.24, 2.45) is 5.92 Å². The summed E-state index contributed by atoms with van der Waals surface area (Å²) in [5.74, 6) is 0.466. The molecule has 1 aliphatic carbocycles. The van der Waals surface area contributed by atoms with Gasteiger partial charge in [-0.05, 0) is 99.1 Å². The average molecular weight is 637 g/mol. The van der Waals surface area contributed by atoms with Gasteiger partial charge in [0.2, 0.25) is 0 Å². The molecule has 2 atom stereocenters. The summed E-state index contributed by atoms with van der Waals surface area (Å²) in [6.07, 6.45) is 8.98. The molecule has 3 N–H and O–H groups in total. The Kier molecular flexibility index (Phi) is 9.07. The molecule has 0 unspecified atom stereocenters. The quantitative estimate of drug-likeness (QED) is 0.188. The number of hydrogen-bond donors (Lipinski definition) is 3. The number of halogens is 2. The Labute approximate surface area is 267 Å². The molecule has 2 aliphatic heterocycles. The number of carbonyl (C=O) groups is 1. The van der Waals surface area contributed by atoms with E-state index in [4.69, 9.17) is 35.4 Å². The van der Waals surface area contributed by atoms with E-state index in [9.17, 15) is 9.59 Å². The molecule has 224 valence electrons. The fourth-order valence-electron chi connectivity index (χ4n) is 6.58. The van der Waals surface area contributed by atoms with Crippen LogP contribution in [-0.2, 0) is 6.54 Å². The molecule has 1 aromatic heterocycles. The first-order valence-corrected chi connectivity index (χ1v) is 16.1. The zero-order valence-corrected chi connectivity index (χ0v) is 26.2. The van der Waals surface area contributed by atoms with Crippen molar-refractivity contribution < 1.29 is 4.79 Å². The largest absolute Gasteiger partial charge is 0.369 e. The summed E-state index contributed by atoms with van der Waals surface area (Å²) in [7, 11) is 0. The molecule has 1 saturated heterocycles. The van der Waals surface area contributed by atoms with Crippen LogP contribution in [0.15, 0.2) is 71.0 Å². The maximum absolute atomic E-state index is 13.2. The van der Waals surface area contributed by atoms with Gasteiger partial charge in [0.15, 0.2) is 5.11 Å². The number of thiocarbonyl (C=S) groups is 1. The molecule has 10 heteroatoms. The Hall–Kier alpha value is -3.33. The molecule has 1 amide bonds. The van der Waals surface area contributed by atoms with E-state index in [0.717, 1.165) is 55.8 Å². The molecule has 3 heterocycles. The van der Waals surface area contributed by atoms with Crippen LogP contribution in [0.5, 0.6) is 0 Å². The summed E-state index contributed by atoms with van der Waals surface area (Å²) in [5, 5.41) is 10.9. The van der Waals surface area contributed by atoms with Gasteiger partial charge >= 0.3 is 0 Å². The molecule has 6 rings (SSSR count). The van der Waals surface area contributed by atoms with Crippen LogP contribution in [0.25, 0.3) is 0 Å². The van der Waals surface area contributed by atoms with Gasteiger partial charge in [0.25, 0.3) is 11.5 Å². The molecule has 2 aromatic carbocycles. The molecule has 0 radical (unpaired) electrons. The lowest BCUT2D eigenvalue weighted by molar-refractivity contribution is 0.0954. The van der Waals surface area contributed by atoms with E-state index in [1.807, 2.05) is 28.8 Å². The topological polar surface area (TPSA) is 78.4 Å². The summed E-state index contributed by atoms with van der Waals surface area (Å²) in [6.45, 7) is 2.88. The second kappa shape index (κ2) is 13.1. The van der Waals surface area contributed by atoms with Crippen LogP contribution in [-0.4, -0.2) is 35.2 Å². The van der Waals surface area contributed by atoms with Crippen molar-refractivity contribution in [1.82, 2.24) is 9.88 Å². The van der Waals surface area contributed by atoms with Crippen LogP contribution in [0.2, 0.25) is 10.0 Å². The van der Waals surface area contributed by atoms with Crippen molar-refractivity contribution in [1.29, 1.82) is 0 Å². The van der Waals surface area contributed by atoms with Crippen LogP contribution in [0.3, 0.4) is 0 Å². The molecule has 43 heavy (non-hydrogen) atoms. The number of benzene rings is 2. The molecular formula is C33H35Cl2N5O2S. The second-order valence-corrected chi connectivity index (χ2v) is 12.9. The highest BCUT2D eigenvalue weighted by atomic mass is 35.5. The summed E-state index contributed by atoms with van der Waals surface area (Å²) in [5.41, 5.74) is 5.46. The van der Waals surface area contributed by atoms with Crippen molar-refractivity contribution in [3.63, 3.8) is 0 Å². The van der Waals surface area contributed by atoms with Gasteiger partial charge in [0.1, 0.15) is 0 Å². The number of aromatic nitrogens is 1. The number of anilines is 3. The van der Waals surface area contributed by atoms with Crippen molar-refractivity contribution >= 4 is 63.5 Å². The van der Waals surface area contributed by atoms with Gasteiger partial charge < -0.3 is 25.4 Å². The summed E-state index contributed by atoms with van der Waals surface area (Å²) in [6, 6.07) is 16.5. The maximum atomic E-state index is 13.2. The lowest BCUT2D eigenvalue weighted by atomic mass is 9.83. The van der Waals surface area contributed by atoms with Crippen LogP contribution in [0.1, 0.15) is 60.5 Å². The highest BCUT2D eigenvalue weighted by molar-refractivity contribution is 7.80. The molecule has 3 aliphatic rings. The van der Waals surface area contributed by atoms with Crippen molar-refractivity contribution in [2.45, 2.75) is 51.0 Å². The van der Waals surface area contributed by atoms with Crippen molar-refractivity contribution in [3.8, 4) is 0 Å². The first-order chi connectivity index (χ1) is 20.8. The van der Waals surface area contributed by atoms with E-state index in [-0.39, 0.29) is 17.4 Å². The predicted octanol–water partition coefficient (Wildman–Crippen LogP) is 7.21. The maximum Gasteiger partial charge on any atom is 0.251 e. The average Bonchev–Trinajstić information content (AvgIpc) is 2.99. The number of hydrogen-bond acceptors (Lipinski definition) is 4. The second-order valence-electron chi connectivity index (χ2n) is 11.7. The van der Waals surface area contributed by atoms with Gasteiger partial charge in [-0.1, -0.05) is 40.9 Å². The van der Waals surface area contributed by atoms with Crippen molar-refractivity contribution in [2.75, 3.05) is 35.2 Å². The molecule has 3 aromatic rings. The zero-order chi connectivity index (χ0) is 29.9. The third-order valence-electron chi connectivity index (χ3n) is 8.62. The number of nitrogens with one attached hydrogen (secondary N) is 3. The van der Waals surface area contributed by atoms with Gasteiger partial charge in [-0.25, -0.2) is 0 Å². The number of rotatable bonds is 7. The fraction of sp³-hybridized carbons (Fsp3) is 0.364. The number of piperidine rings is 1. The Morgan fingerprint density at radius 1 is 0.977 bits per heavy atom. The van der Waals surface area contributed by atoms with Gasteiger partial charge in [-0.15, -0.1) is 0 Å². The SMILES string of the molecule is O=C(NCCC1=CCCCC1)c1ccc(N2C[C@H]3C[C@@H](C2)c2cccc(=O)n2C3)c(NC(=S)Nc2ccc(Cl)cc2Cl)c1. The first kappa shape index (κ1) is 29.7. The predicted molar refractivity (Wildman–Crippen MR) is 180 cm³/mol. The third kappa shape index (κ3) is 6.92. The lowest BCUT2D eigenvalue weighted by Gasteiger charge is -2.44. The van der Waals surface area contributed by atoms with Crippen LogP contribution >= 0.6 is 35.4 Å². The van der Waals surface area contributed by atoms with E-state index in [1.54, 1.807) is 24.3 Å². The summed E-state index contributed by atoms with van der Waals surface area (Å²) >= 11 is 18.1. The van der Waals surface area contributed by atoms with Crippen LogP contribution < -0.4 is 26.4 Å². The molecule has 1 fully saturated rings. The standard InChI is InChI=1S/C33H35Cl2N5O2S/c34-25-10-11-27(26(35)17-25)37-33(43)38-28-16-23(32(42)36-14-13-21-5-2-1-3-6-21)9-12-30(28)39-18-22-15-24(20-39)29-7-4-8-31(41)40(29)19-22/h4-5,7-12,16-17,22,24H,1-3,6,13-15,18-20H2,(H,36,42)(H2,37,38,43)/t22-,24+/m1/s1. The Morgan fingerprint density at radius 3 is 2.65 bits per heavy atom. The third-order valence-corrected chi connectivity index (χ3v) is 9.38. The van der Waals surface area contributed by atoms with Crippen LogP contribution in [0.4, 0.5) is 17.1 Å². The molecule has 7 nitrogen and oxygen atoms in total. The molecule has 2 bridgehead atoms. The van der Waals surface area contributed by atoms with E-state index in [2.05, 4.69) is 33.0 Å². The number of allylic oxidation sites excluding steroid dienone is 1. The van der Waals surface area contributed by atoms with Gasteiger partial charge in [0, 0.05) is 54.4 Å². The molecular weight excluding hydrogens is 601 g/mol. The Morgan fingerprint density at radius 2 is 1.84 bits per heavy atom. The smallest absolute Gasteiger partial charge is 0.251 e. The van der Waals surface area contributed by atoms with Gasteiger partial charge in [-0.3, -0.25) is 9.59 Å². The van der Waals surface area contributed by atoms with E-state index in [1.165, 1.54) is 18.4 Å². The number of nitrogens with zero attached hydrogens (tertiary/aromatic N) is 2. The number of amides is 1. The van der Waals surface area contributed by atoms with E-state index in [0.29, 0.717) is 45.4 Å². The number of pyridine rings is 1. The highest BCUT2D eigenvalue weighted by Gasteiger charge is 2.35. The fourth-order valence-corrected chi connectivity index (χ4v) is 7.26. The normalized spacial score (nSPS) is 19.2. The monoisotopic (exact) mass is 635 g/mol. The minimum atomic E-state index is -0.116. The minimum Gasteiger partial charge on any atom is -0.369 e. The Bertz CT molecular complexity index is 1640. The minimum absolute atomic E-state index is 0.0652. The Balaban J connectivity index is 1.24. The summed E-state index contributed by atoms with van der Waals surface area (Å²) < 4.78 is 1.93. The highest BCUT2D eigenvalue weighted by Crippen LogP contribution is 2.39. The van der Waals surface area contributed by atoms with Gasteiger partial charge in [0.05, 0.1) is 22.1 Å². The van der Waals surface area contributed by atoms with Crippen molar-refractivity contribution in [3.05, 3.63) is 97.9 Å². The number of fused-ring (bicyclic) bond motifs is 4. The van der Waals surface area contributed by atoms with E-state index >= 15 is 0 Å². The molecule has 0 saturated carbocycles. The van der Waals surface area contributed by atoms with E-state index < -0.39 is 0 Å². The number of carbonyl (C=O) groups excluding carboxylic acids is 1. The van der Waals surface area contributed by atoms with Gasteiger partial charge in [-0.2, -0.15) is 0 Å². The zero-order valence-electron chi connectivity index (χ0n) is 23.9. The summed E-state index contributed by atoms with van der Waals surface area (Å²) in [4.78, 5) is 28.1.